The molecule has 0 saturated carbocycles. The molecule has 88 valence electrons. The van der Waals surface area contributed by atoms with Crippen LogP contribution in [-0.4, -0.2) is 10.2 Å². The van der Waals surface area contributed by atoms with Crippen LogP contribution in [0.2, 0.25) is 0 Å². The zero-order chi connectivity index (χ0) is 12.6. The molecule has 0 fully saturated rings. The van der Waals surface area contributed by atoms with Crippen LogP contribution >= 0.6 is 0 Å². The molecule has 2 nitrogen and oxygen atoms in total. The Balaban J connectivity index is 2.69. The number of aromatic hydroxyl groups is 2. The lowest BCUT2D eigenvalue weighted by Gasteiger charge is -2.12. The summed E-state index contributed by atoms with van der Waals surface area (Å²) in [5.41, 5.74) is 4.76. The minimum absolute atomic E-state index is 0.299. The van der Waals surface area contributed by atoms with E-state index in [1.54, 1.807) is 12.1 Å². The first-order valence-electron chi connectivity index (χ1n) is 5.60. The number of hydrogen-bond acceptors (Lipinski definition) is 2. The number of benzene rings is 2. The monoisotopic (exact) mass is 228 g/mol. The lowest BCUT2D eigenvalue weighted by Crippen LogP contribution is -1.89. The maximum absolute atomic E-state index is 9.73. The average Bonchev–Trinajstić information content (AvgIpc) is 2.28. The molecule has 0 bridgehead atoms. The molecule has 2 aromatic carbocycles. The van der Waals surface area contributed by atoms with Gasteiger partial charge >= 0.3 is 0 Å². The van der Waals surface area contributed by atoms with Crippen molar-refractivity contribution in [2.45, 2.75) is 20.8 Å². The standard InChI is InChI=1S/C15H16O2/c1-9-8-15(17)10(2)7-13(9)12-5-4-6-14(16)11(12)3/h4-8,16-17H,1-3H3. The van der Waals surface area contributed by atoms with Gasteiger partial charge in [-0.15, -0.1) is 0 Å². The Morgan fingerprint density at radius 2 is 1.47 bits per heavy atom. The average molecular weight is 228 g/mol. The zero-order valence-corrected chi connectivity index (χ0v) is 10.3. The molecule has 2 N–H and O–H groups in total. The molecule has 17 heavy (non-hydrogen) atoms. The van der Waals surface area contributed by atoms with Gasteiger partial charge in [-0.3, -0.25) is 0 Å². The van der Waals surface area contributed by atoms with Crippen molar-refractivity contribution >= 4 is 0 Å². The summed E-state index contributed by atoms with van der Waals surface area (Å²) in [6.07, 6.45) is 0. The van der Waals surface area contributed by atoms with Crippen LogP contribution in [0.1, 0.15) is 16.7 Å². The Morgan fingerprint density at radius 1 is 0.765 bits per heavy atom. The van der Waals surface area contributed by atoms with Crippen LogP contribution < -0.4 is 0 Å². The summed E-state index contributed by atoms with van der Waals surface area (Å²) in [7, 11) is 0. The largest absolute Gasteiger partial charge is 0.508 e. The SMILES string of the molecule is Cc1cc(-c2cccc(O)c2C)c(C)cc1O. The molecule has 0 unspecified atom stereocenters. The summed E-state index contributed by atoms with van der Waals surface area (Å²) in [5.74, 6) is 0.608. The van der Waals surface area contributed by atoms with Gasteiger partial charge in [-0.05, 0) is 66.8 Å². The summed E-state index contributed by atoms with van der Waals surface area (Å²) in [4.78, 5) is 0. The highest BCUT2D eigenvalue weighted by Gasteiger charge is 2.09. The molecule has 0 aromatic heterocycles. The molecular formula is C15H16O2. The first kappa shape index (κ1) is 11.5. The van der Waals surface area contributed by atoms with Crippen molar-refractivity contribution in [3.63, 3.8) is 0 Å². The van der Waals surface area contributed by atoms with Crippen LogP contribution in [0.4, 0.5) is 0 Å². The van der Waals surface area contributed by atoms with Gasteiger partial charge in [0.25, 0.3) is 0 Å². The van der Waals surface area contributed by atoms with Crippen molar-refractivity contribution in [3.05, 3.63) is 47.0 Å². The van der Waals surface area contributed by atoms with Crippen LogP contribution in [0.3, 0.4) is 0 Å². The molecule has 2 heteroatoms. The Bertz CT molecular complexity index is 571. The highest BCUT2D eigenvalue weighted by Crippen LogP contribution is 2.34. The van der Waals surface area contributed by atoms with Gasteiger partial charge in [0.2, 0.25) is 0 Å². The third-order valence-corrected chi connectivity index (χ3v) is 3.14. The van der Waals surface area contributed by atoms with E-state index in [-0.39, 0.29) is 0 Å². The molecule has 0 aliphatic heterocycles. The molecule has 2 rings (SSSR count). The predicted molar refractivity (Wildman–Crippen MR) is 69.4 cm³/mol. The molecule has 0 amide bonds. The van der Waals surface area contributed by atoms with Gasteiger partial charge in [-0.1, -0.05) is 12.1 Å². The van der Waals surface area contributed by atoms with Crippen LogP contribution in [0.15, 0.2) is 30.3 Å². The van der Waals surface area contributed by atoms with Crippen LogP contribution in [0, 0.1) is 20.8 Å². The van der Waals surface area contributed by atoms with E-state index in [1.165, 1.54) is 0 Å². The molecule has 0 saturated heterocycles. The van der Waals surface area contributed by atoms with E-state index in [1.807, 2.05) is 39.0 Å². The number of hydrogen-bond donors (Lipinski definition) is 2. The molecule has 0 radical (unpaired) electrons. The van der Waals surface area contributed by atoms with Crippen LogP contribution in [0.5, 0.6) is 11.5 Å². The normalized spacial score (nSPS) is 10.5. The van der Waals surface area contributed by atoms with Gasteiger partial charge < -0.3 is 10.2 Å². The van der Waals surface area contributed by atoms with Gasteiger partial charge in [0, 0.05) is 0 Å². The third kappa shape index (κ3) is 1.98. The number of rotatable bonds is 1. The molecular weight excluding hydrogens is 212 g/mol. The van der Waals surface area contributed by atoms with E-state index >= 15 is 0 Å². The fourth-order valence-electron chi connectivity index (χ4n) is 2.01. The Kier molecular flexibility index (Phi) is 2.80. The van der Waals surface area contributed by atoms with E-state index < -0.39 is 0 Å². The highest BCUT2D eigenvalue weighted by molar-refractivity contribution is 5.74. The van der Waals surface area contributed by atoms with E-state index in [2.05, 4.69) is 0 Å². The van der Waals surface area contributed by atoms with E-state index in [4.69, 9.17) is 0 Å². The number of phenolic OH excluding ortho intramolecular Hbond substituents is 2. The molecule has 0 aliphatic carbocycles. The predicted octanol–water partition coefficient (Wildman–Crippen LogP) is 3.69. The highest BCUT2D eigenvalue weighted by atomic mass is 16.3. The molecule has 0 heterocycles. The van der Waals surface area contributed by atoms with Crippen LogP contribution in [0.25, 0.3) is 11.1 Å². The van der Waals surface area contributed by atoms with Gasteiger partial charge in [-0.2, -0.15) is 0 Å². The second-order valence-corrected chi connectivity index (χ2v) is 4.40. The smallest absolute Gasteiger partial charge is 0.119 e. The van der Waals surface area contributed by atoms with Gasteiger partial charge in [0.1, 0.15) is 11.5 Å². The lowest BCUT2D eigenvalue weighted by molar-refractivity contribution is 0.471. The molecule has 0 aliphatic rings. The Hall–Kier alpha value is -1.96. The lowest BCUT2D eigenvalue weighted by atomic mass is 9.94. The summed E-state index contributed by atoms with van der Waals surface area (Å²) < 4.78 is 0. The minimum Gasteiger partial charge on any atom is -0.508 e. The van der Waals surface area contributed by atoms with Gasteiger partial charge in [0.15, 0.2) is 0 Å². The van der Waals surface area contributed by atoms with E-state index in [0.29, 0.717) is 11.5 Å². The van der Waals surface area contributed by atoms with Crippen molar-refractivity contribution in [1.29, 1.82) is 0 Å². The second kappa shape index (κ2) is 4.13. The number of aryl methyl sites for hydroxylation is 2. The molecule has 0 atom stereocenters. The van der Waals surface area contributed by atoms with Gasteiger partial charge in [-0.25, -0.2) is 0 Å². The topological polar surface area (TPSA) is 40.5 Å². The maximum Gasteiger partial charge on any atom is 0.119 e. The Labute approximate surface area is 101 Å². The summed E-state index contributed by atoms with van der Waals surface area (Å²) >= 11 is 0. The van der Waals surface area contributed by atoms with Crippen molar-refractivity contribution in [2.75, 3.05) is 0 Å². The minimum atomic E-state index is 0.299. The van der Waals surface area contributed by atoms with Crippen molar-refractivity contribution in [2.24, 2.45) is 0 Å². The van der Waals surface area contributed by atoms with Crippen molar-refractivity contribution in [3.8, 4) is 22.6 Å². The fourth-order valence-corrected chi connectivity index (χ4v) is 2.01. The van der Waals surface area contributed by atoms with E-state index in [0.717, 1.165) is 27.8 Å². The molecule has 2 aromatic rings. The first-order valence-corrected chi connectivity index (χ1v) is 5.60. The summed E-state index contributed by atoms with van der Waals surface area (Å²) in [6, 6.07) is 9.20. The molecule has 0 spiro atoms. The van der Waals surface area contributed by atoms with Crippen molar-refractivity contribution < 1.29 is 10.2 Å². The van der Waals surface area contributed by atoms with Crippen LogP contribution in [-0.2, 0) is 0 Å². The second-order valence-electron chi connectivity index (χ2n) is 4.40. The maximum atomic E-state index is 9.73. The zero-order valence-electron chi connectivity index (χ0n) is 10.3. The Morgan fingerprint density at radius 3 is 2.18 bits per heavy atom. The summed E-state index contributed by atoms with van der Waals surface area (Å²) in [5, 5.41) is 19.4. The van der Waals surface area contributed by atoms with Gasteiger partial charge in [0.05, 0.1) is 0 Å². The quantitative estimate of drug-likeness (QED) is 0.781. The summed E-state index contributed by atoms with van der Waals surface area (Å²) in [6.45, 7) is 5.72. The third-order valence-electron chi connectivity index (χ3n) is 3.14. The van der Waals surface area contributed by atoms with Crippen molar-refractivity contribution in [1.82, 2.24) is 0 Å². The fraction of sp³-hybridized carbons (Fsp3) is 0.200. The van der Waals surface area contributed by atoms with E-state index in [9.17, 15) is 10.2 Å². The first-order chi connectivity index (χ1) is 8.00. The number of phenols is 2.